The Morgan fingerprint density at radius 3 is 2.60 bits per heavy atom. The van der Waals surface area contributed by atoms with E-state index in [4.69, 9.17) is 23.2 Å². The second-order valence-corrected chi connectivity index (χ2v) is 3.20. The first-order valence-electron chi connectivity index (χ1n) is 3.69. The minimum Gasteiger partial charge on any atom is -0.481 e. The first-order chi connectivity index (χ1) is 6.99. The van der Waals surface area contributed by atoms with Crippen LogP contribution in [0.1, 0.15) is 22.3 Å². The van der Waals surface area contributed by atoms with Crippen molar-refractivity contribution < 1.29 is 18.3 Å². The molecule has 0 N–H and O–H groups in total. The molecule has 0 saturated heterocycles. The van der Waals surface area contributed by atoms with Gasteiger partial charge in [0.15, 0.2) is 0 Å². The number of carbonyl (C=O) groups excluding carboxylic acids is 1. The van der Waals surface area contributed by atoms with E-state index in [1.54, 1.807) is 0 Å². The predicted molar refractivity (Wildman–Crippen MR) is 50.9 cm³/mol. The summed E-state index contributed by atoms with van der Waals surface area (Å²) in [7, 11) is 1.17. The zero-order valence-corrected chi connectivity index (χ0v) is 8.94. The van der Waals surface area contributed by atoms with Crippen LogP contribution in [0.3, 0.4) is 0 Å². The van der Waals surface area contributed by atoms with Gasteiger partial charge in [-0.3, -0.25) is 4.79 Å². The second-order valence-electron chi connectivity index (χ2n) is 2.48. The predicted octanol–water partition coefficient (Wildman–Crippen LogP) is 3.06. The standard InChI is InChI=1S/C8H5Cl2F2NO2/c1-15-8-4(7(11)12)5(9)3(2-13-8)6(10)14/h2,7H,1H3. The lowest BCUT2D eigenvalue weighted by Gasteiger charge is -2.09. The van der Waals surface area contributed by atoms with Crippen molar-refractivity contribution in [2.45, 2.75) is 6.43 Å². The Labute approximate surface area is 94.0 Å². The molecule has 15 heavy (non-hydrogen) atoms. The molecule has 0 radical (unpaired) electrons. The largest absolute Gasteiger partial charge is 0.481 e. The molecule has 0 aliphatic rings. The van der Waals surface area contributed by atoms with E-state index >= 15 is 0 Å². The minimum atomic E-state index is -2.89. The zero-order valence-electron chi connectivity index (χ0n) is 7.43. The van der Waals surface area contributed by atoms with E-state index in [2.05, 4.69) is 9.72 Å². The summed E-state index contributed by atoms with van der Waals surface area (Å²) >= 11 is 10.7. The number of hydrogen-bond donors (Lipinski definition) is 0. The van der Waals surface area contributed by atoms with Crippen LogP contribution in [0.5, 0.6) is 5.88 Å². The van der Waals surface area contributed by atoms with Gasteiger partial charge in [0.1, 0.15) is 0 Å². The summed E-state index contributed by atoms with van der Waals surface area (Å²) in [6, 6.07) is 0. The van der Waals surface area contributed by atoms with Crippen LogP contribution in [0.2, 0.25) is 5.02 Å². The summed E-state index contributed by atoms with van der Waals surface area (Å²) < 4.78 is 29.7. The van der Waals surface area contributed by atoms with E-state index in [1.165, 1.54) is 7.11 Å². The first-order valence-corrected chi connectivity index (χ1v) is 4.45. The fraction of sp³-hybridized carbons (Fsp3) is 0.250. The van der Waals surface area contributed by atoms with E-state index in [9.17, 15) is 13.6 Å². The van der Waals surface area contributed by atoms with Gasteiger partial charge in [-0.25, -0.2) is 13.8 Å². The molecular formula is C8H5Cl2F2NO2. The van der Waals surface area contributed by atoms with E-state index in [-0.39, 0.29) is 11.4 Å². The molecule has 0 fully saturated rings. The summed E-state index contributed by atoms with van der Waals surface area (Å²) in [6.45, 7) is 0. The molecule has 0 unspecified atom stereocenters. The number of nitrogens with zero attached hydrogens (tertiary/aromatic N) is 1. The zero-order chi connectivity index (χ0) is 11.6. The third-order valence-corrected chi connectivity index (χ3v) is 2.25. The molecule has 82 valence electrons. The average Bonchev–Trinajstić information content (AvgIpc) is 2.15. The summed E-state index contributed by atoms with van der Waals surface area (Å²) in [5, 5.41) is -1.38. The summed E-state index contributed by atoms with van der Waals surface area (Å²) in [5.41, 5.74) is -0.903. The molecular weight excluding hydrogens is 251 g/mol. The summed E-state index contributed by atoms with van der Waals surface area (Å²) in [5.74, 6) is -0.323. The van der Waals surface area contributed by atoms with Gasteiger partial charge in [-0.05, 0) is 11.6 Å². The number of aromatic nitrogens is 1. The van der Waals surface area contributed by atoms with Crippen molar-refractivity contribution in [3.8, 4) is 5.88 Å². The quantitative estimate of drug-likeness (QED) is 0.780. The van der Waals surface area contributed by atoms with E-state index in [1.807, 2.05) is 0 Å². The molecule has 0 spiro atoms. The second kappa shape index (κ2) is 4.72. The molecule has 0 bridgehead atoms. The lowest BCUT2D eigenvalue weighted by atomic mass is 10.2. The number of carbonyl (C=O) groups is 1. The lowest BCUT2D eigenvalue weighted by Crippen LogP contribution is -2.02. The minimum absolute atomic E-state index is 0.269. The van der Waals surface area contributed by atoms with Gasteiger partial charge in [0.05, 0.1) is 23.3 Å². The van der Waals surface area contributed by atoms with Crippen molar-refractivity contribution >= 4 is 28.4 Å². The molecule has 1 aromatic heterocycles. The number of rotatable bonds is 3. The van der Waals surface area contributed by atoms with Crippen molar-refractivity contribution in [1.82, 2.24) is 4.98 Å². The average molecular weight is 256 g/mol. The Hall–Kier alpha value is -0.940. The lowest BCUT2D eigenvalue weighted by molar-refractivity contribution is 0.108. The van der Waals surface area contributed by atoms with Crippen molar-refractivity contribution in [2.75, 3.05) is 7.11 Å². The van der Waals surface area contributed by atoms with Crippen LogP contribution in [0.4, 0.5) is 8.78 Å². The molecule has 1 heterocycles. The van der Waals surface area contributed by atoms with Crippen molar-refractivity contribution in [1.29, 1.82) is 0 Å². The topological polar surface area (TPSA) is 39.2 Å². The fourth-order valence-electron chi connectivity index (χ4n) is 0.977. The van der Waals surface area contributed by atoms with Crippen LogP contribution in [-0.2, 0) is 0 Å². The number of methoxy groups -OCH3 is 1. The molecule has 1 aromatic rings. The molecule has 3 nitrogen and oxygen atoms in total. The summed E-state index contributed by atoms with van der Waals surface area (Å²) in [4.78, 5) is 14.3. The SMILES string of the molecule is COc1ncc(C(=O)Cl)c(Cl)c1C(F)F. The van der Waals surface area contributed by atoms with Gasteiger partial charge in [-0.15, -0.1) is 0 Å². The Morgan fingerprint density at radius 2 is 2.20 bits per heavy atom. The number of hydrogen-bond acceptors (Lipinski definition) is 3. The highest BCUT2D eigenvalue weighted by Gasteiger charge is 2.24. The van der Waals surface area contributed by atoms with Crippen LogP contribution < -0.4 is 4.74 Å². The number of halogens is 4. The maximum atomic E-state index is 12.6. The number of ether oxygens (including phenoxy) is 1. The Morgan fingerprint density at radius 1 is 1.60 bits per heavy atom. The Balaban J connectivity index is 3.42. The third kappa shape index (κ3) is 2.35. The van der Waals surface area contributed by atoms with Crippen molar-refractivity contribution in [3.05, 3.63) is 22.3 Å². The highest BCUT2D eigenvalue weighted by molar-refractivity contribution is 6.68. The summed E-state index contributed by atoms with van der Waals surface area (Å²) in [6.07, 6.45) is -1.90. The molecule has 0 aromatic carbocycles. The van der Waals surface area contributed by atoms with Crippen LogP contribution in [0.15, 0.2) is 6.20 Å². The fourth-order valence-corrected chi connectivity index (χ4v) is 1.47. The van der Waals surface area contributed by atoms with Gasteiger partial charge in [-0.2, -0.15) is 0 Å². The number of pyridine rings is 1. The maximum absolute atomic E-state index is 12.6. The molecule has 1 rings (SSSR count). The van der Waals surface area contributed by atoms with Crippen LogP contribution in [0, 0.1) is 0 Å². The first kappa shape index (κ1) is 12.1. The van der Waals surface area contributed by atoms with E-state index < -0.39 is 22.3 Å². The van der Waals surface area contributed by atoms with Crippen molar-refractivity contribution in [2.24, 2.45) is 0 Å². The molecule has 0 amide bonds. The molecule has 0 atom stereocenters. The Bertz CT molecular complexity index is 398. The van der Waals surface area contributed by atoms with E-state index in [0.717, 1.165) is 6.20 Å². The maximum Gasteiger partial charge on any atom is 0.270 e. The molecule has 0 aliphatic heterocycles. The highest BCUT2D eigenvalue weighted by Crippen LogP contribution is 2.36. The smallest absolute Gasteiger partial charge is 0.270 e. The van der Waals surface area contributed by atoms with Crippen LogP contribution in [0.25, 0.3) is 0 Å². The van der Waals surface area contributed by atoms with Gasteiger partial charge in [0.25, 0.3) is 11.7 Å². The van der Waals surface area contributed by atoms with Gasteiger partial charge < -0.3 is 4.74 Å². The molecule has 7 heteroatoms. The normalized spacial score (nSPS) is 10.5. The molecule has 0 aliphatic carbocycles. The Kier molecular flexibility index (Phi) is 3.82. The molecule has 0 saturated carbocycles. The van der Waals surface area contributed by atoms with E-state index in [0.29, 0.717) is 0 Å². The van der Waals surface area contributed by atoms with Crippen molar-refractivity contribution in [3.63, 3.8) is 0 Å². The van der Waals surface area contributed by atoms with Crippen LogP contribution in [-0.4, -0.2) is 17.3 Å². The van der Waals surface area contributed by atoms with Gasteiger partial charge >= 0.3 is 0 Å². The van der Waals surface area contributed by atoms with Gasteiger partial charge in [0.2, 0.25) is 5.88 Å². The van der Waals surface area contributed by atoms with Gasteiger partial charge in [-0.1, -0.05) is 11.6 Å². The highest BCUT2D eigenvalue weighted by atomic mass is 35.5. The third-order valence-electron chi connectivity index (χ3n) is 1.64. The number of alkyl halides is 2. The monoisotopic (exact) mass is 255 g/mol. The van der Waals surface area contributed by atoms with Crippen LogP contribution >= 0.6 is 23.2 Å². The van der Waals surface area contributed by atoms with Gasteiger partial charge in [0, 0.05) is 6.20 Å².